The highest BCUT2D eigenvalue weighted by molar-refractivity contribution is 5.95. The Bertz CT molecular complexity index is 1350. The van der Waals surface area contributed by atoms with Crippen LogP contribution < -0.4 is 5.32 Å². The number of alkyl halides is 2. The van der Waals surface area contributed by atoms with Gasteiger partial charge in [-0.05, 0) is 12.1 Å². The van der Waals surface area contributed by atoms with Gasteiger partial charge in [0.05, 0.1) is 35.7 Å². The minimum Gasteiger partial charge on any atom is -0.415 e. The average Bonchev–Trinajstić information content (AvgIpc) is 3.56. The lowest BCUT2D eigenvalue weighted by Gasteiger charge is -2.09. The SMILES string of the molecule is OCCn1cnc2c(-c3cn[nH]c3)cc(Nc3ncc(-c4nnc(C(F)F)o4)cn3)cc21. The van der Waals surface area contributed by atoms with Crippen LogP contribution in [0.15, 0.2) is 47.7 Å². The lowest BCUT2D eigenvalue weighted by Crippen LogP contribution is -2.01. The fraction of sp³-hybridized carbons (Fsp3) is 0.158. The van der Waals surface area contributed by atoms with Crippen LogP contribution in [0.5, 0.6) is 0 Å². The third kappa shape index (κ3) is 3.65. The summed E-state index contributed by atoms with van der Waals surface area (Å²) in [5, 5.41) is 26.1. The summed E-state index contributed by atoms with van der Waals surface area (Å²) in [6.45, 7) is 0.360. The van der Waals surface area contributed by atoms with Crippen molar-refractivity contribution in [2.24, 2.45) is 0 Å². The molecule has 4 heterocycles. The van der Waals surface area contributed by atoms with Crippen molar-refractivity contribution in [2.75, 3.05) is 11.9 Å². The van der Waals surface area contributed by atoms with Gasteiger partial charge in [0.15, 0.2) is 0 Å². The molecule has 0 radical (unpaired) electrons. The number of H-pyrrole nitrogens is 1. The number of aromatic nitrogens is 8. The van der Waals surface area contributed by atoms with Crippen molar-refractivity contribution in [1.29, 1.82) is 0 Å². The van der Waals surface area contributed by atoms with Crippen LogP contribution in [-0.4, -0.2) is 51.6 Å². The van der Waals surface area contributed by atoms with Gasteiger partial charge < -0.3 is 19.4 Å². The van der Waals surface area contributed by atoms with Gasteiger partial charge in [-0.1, -0.05) is 0 Å². The van der Waals surface area contributed by atoms with Crippen LogP contribution in [0.4, 0.5) is 20.4 Å². The summed E-state index contributed by atoms with van der Waals surface area (Å²) in [4.78, 5) is 12.9. The number of aliphatic hydroxyl groups is 1. The van der Waals surface area contributed by atoms with E-state index in [1.54, 1.807) is 18.7 Å². The number of nitrogens with zero attached hydrogens (tertiary/aromatic N) is 7. The number of hydrogen-bond acceptors (Lipinski definition) is 9. The standard InChI is InChI=1S/C19H15F2N9O2/c20-16(21)18-29-28-17(32-18)11-5-22-19(23-6-11)27-12-3-13(10-7-25-26-8-10)15-14(4-12)30(1-2-31)9-24-15/h3-9,16,31H,1-2H2,(H,25,26)(H,22,23,27). The first kappa shape index (κ1) is 19.7. The molecule has 162 valence electrons. The minimum absolute atomic E-state index is 0.0301. The van der Waals surface area contributed by atoms with E-state index in [1.807, 2.05) is 16.7 Å². The number of fused-ring (bicyclic) bond motifs is 1. The summed E-state index contributed by atoms with van der Waals surface area (Å²) in [5.74, 6) is -0.585. The predicted octanol–water partition coefficient (Wildman–Crippen LogP) is 2.94. The van der Waals surface area contributed by atoms with Crippen molar-refractivity contribution in [3.8, 4) is 22.6 Å². The average molecular weight is 439 g/mol. The summed E-state index contributed by atoms with van der Waals surface area (Å²) >= 11 is 0. The minimum atomic E-state index is -2.85. The largest absolute Gasteiger partial charge is 0.415 e. The molecule has 0 spiro atoms. The van der Waals surface area contributed by atoms with Crippen LogP contribution in [-0.2, 0) is 6.54 Å². The Balaban J connectivity index is 1.47. The smallest absolute Gasteiger partial charge is 0.314 e. The second-order valence-electron chi connectivity index (χ2n) is 6.71. The van der Waals surface area contributed by atoms with E-state index < -0.39 is 12.3 Å². The van der Waals surface area contributed by atoms with E-state index in [0.29, 0.717) is 17.8 Å². The second kappa shape index (κ2) is 8.11. The molecule has 3 N–H and O–H groups in total. The molecule has 0 atom stereocenters. The molecule has 0 bridgehead atoms. The third-order valence-electron chi connectivity index (χ3n) is 4.66. The number of hydrogen-bond donors (Lipinski definition) is 3. The summed E-state index contributed by atoms with van der Waals surface area (Å²) in [7, 11) is 0. The Kier molecular flexibility index (Phi) is 4.99. The molecule has 0 fully saturated rings. The highest BCUT2D eigenvalue weighted by Crippen LogP contribution is 2.32. The molecular formula is C19H15F2N9O2. The molecule has 0 unspecified atom stereocenters. The van der Waals surface area contributed by atoms with E-state index >= 15 is 0 Å². The van der Waals surface area contributed by atoms with E-state index in [0.717, 1.165) is 22.2 Å². The molecule has 5 rings (SSSR count). The van der Waals surface area contributed by atoms with E-state index in [-0.39, 0.29) is 18.4 Å². The number of imidazole rings is 1. The molecule has 11 nitrogen and oxygen atoms in total. The van der Waals surface area contributed by atoms with Gasteiger partial charge in [0, 0.05) is 41.9 Å². The first-order valence-corrected chi connectivity index (χ1v) is 9.42. The molecule has 1 aromatic carbocycles. The Morgan fingerprint density at radius 1 is 1.09 bits per heavy atom. The van der Waals surface area contributed by atoms with Crippen molar-refractivity contribution in [2.45, 2.75) is 13.0 Å². The lowest BCUT2D eigenvalue weighted by atomic mass is 10.1. The molecule has 32 heavy (non-hydrogen) atoms. The first-order valence-electron chi connectivity index (χ1n) is 9.42. The molecule has 0 aliphatic heterocycles. The zero-order chi connectivity index (χ0) is 22.1. The van der Waals surface area contributed by atoms with Gasteiger partial charge in [0.2, 0.25) is 5.95 Å². The van der Waals surface area contributed by atoms with Gasteiger partial charge in [-0.2, -0.15) is 13.9 Å². The van der Waals surface area contributed by atoms with Gasteiger partial charge in [-0.25, -0.2) is 15.0 Å². The molecule has 0 amide bonds. The highest BCUT2D eigenvalue weighted by Gasteiger charge is 2.18. The third-order valence-corrected chi connectivity index (χ3v) is 4.66. The van der Waals surface area contributed by atoms with Crippen molar-refractivity contribution >= 4 is 22.7 Å². The van der Waals surface area contributed by atoms with E-state index in [1.165, 1.54) is 12.4 Å². The highest BCUT2D eigenvalue weighted by atomic mass is 19.3. The summed E-state index contributed by atoms with van der Waals surface area (Å²) in [6.07, 6.45) is 5.04. The van der Waals surface area contributed by atoms with Crippen LogP contribution in [0.3, 0.4) is 0 Å². The predicted molar refractivity (Wildman–Crippen MR) is 108 cm³/mol. The van der Waals surface area contributed by atoms with Gasteiger partial charge >= 0.3 is 6.43 Å². The van der Waals surface area contributed by atoms with Crippen LogP contribution in [0.2, 0.25) is 0 Å². The summed E-state index contributed by atoms with van der Waals surface area (Å²) < 4.78 is 32.0. The van der Waals surface area contributed by atoms with Crippen LogP contribution in [0.25, 0.3) is 33.6 Å². The molecule has 0 saturated heterocycles. The fourth-order valence-corrected chi connectivity index (χ4v) is 3.21. The maximum Gasteiger partial charge on any atom is 0.314 e. The number of halogens is 2. The molecule has 0 saturated carbocycles. The number of benzene rings is 1. The maximum atomic E-state index is 12.6. The number of aromatic amines is 1. The van der Waals surface area contributed by atoms with Crippen molar-refractivity contribution in [1.82, 2.24) is 39.9 Å². The van der Waals surface area contributed by atoms with Gasteiger partial charge in [-0.3, -0.25) is 5.10 Å². The summed E-state index contributed by atoms with van der Waals surface area (Å²) in [6, 6.07) is 3.75. The molecule has 4 aromatic heterocycles. The second-order valence-corrected chi connectivity index (χ2v) is 6.71. The number of aliphatic hydroxyl groups excluding tert-OH is 1. The molecule has 0 aliphatic carbocycles. The van der Waals surface area contributed by atoms with E-state index in [4.69, 9.17) is 4.42 Å². The van der Waals surface area contributed by atoms with Crippen molar-refractivity contribution in [3.05, 3.63) is 49.1 Å². The van der Waals surface area contributed by atoms with Crippen molar-refractivity contribution < 1.29 is 18.3 Å². The van der Waals surface area contributed by atoms with Crippen LogP contribution in [0.1, 0.15) is 12.3 Å². The lowest BCUT2D eigenvalue weighted by molar-refractivity contribution is 0.116. The Morgan fingerprint density at radius 3 is 2.62 bits per heavy atom. The number of anilines is 2. The molecule has 5 aromatic rings. The fourth-order valence-electron chi connectivity index (χ4n) is 3.21. The quantitative estimate of drug-likeness (QED) is 0.349. The van der Waals surface area contributed by atoms with Gasteiger partial charge in [0.1, 0.15) is 0 Å². The zero-order valence-electron chi connectivity index (χ0n) is 16.3. The first-order chi connectivity index (χ1) is 15.6. The topological polar surface area (TPSA) is 143 Å². The van der Waals surface area contributed by atoms with Gasteiger partial charge in [0.25, 0.3) is 11.8 Å². The number of rotatable bonds is 7. The maximum absolute atomic E-state index is 12.6. The Hall–Kier alpha value is -4.26. The van der Waals surface area contributed by atoms with Crippen LogP contribution in [0, 0.1) is 0 Å². The molecule has 13 heteroatoms. The zero-order valence-corrected chi connectivity index (χ0v) is 16.3. The molecule has 0 aliphatic rings. The number of nitrogens with one attached hydrogen (secondary N) is 2. The normalized spacial score (nSPS) is 11.5. The summed E-state index contributed by atoms with van der Waals surface area (Å²) in [5.41, 5.74) is 4.23. The van der Waals surface area contributed by atoms with Crippen molar-refractivity contribution in [3.63, 3.8) is 0 Å². The Labute approximate surface area is 178 Å². The van der Waals surface area contributed by atoms with E-state index in [9.17, 15) is 13.9 Å². The van der Waals surface area contributed by atoms with Crippen LogP contribution >= 0.6 is 0 Å². The van der Waals surface area contributed by atoms with E-state index in [2.05, 4.69) is 40.7 Å². The Morgan fingerprint density at radius 2 is 1.94 bits per heavy atom. The molecular weight excluding hydrogens is 424 g/mol. The monoisotopic (exact) mass is 439 g/mol. The van der Waals surface area contributed by atoms with Gasteiger partial charge in [-0.15, -0.1) is 10.2 Å².